The van der Waals surface area contributed by atoms with Crippen LogP contribution in [0.2, 0.25) is 0 Å². The molecule has 1 unspecified atom stereocenters. The van der Waals surface area contributed by atoms with E-state index in [1.165, 1.54) is 13.8 Å². The Morgan fingerprint density at radius 3 is 2.31 bits per heavy atom. The van der Waals surface area contributed by atoms with Crippen molar-refractivity contribution in [1.29, 1.82) is 0 Å². The number of carbonyl (C=O) groups excluding carboxylic acids is 2. The van der Waals surface area contributed by atoms with Gasteiger partial charge in [-0.2, -0.15) is 0 Å². The molecule has 0 spiro atoms. The van der Waals surface area contributed by atoms with Crippen molar-refractivity contribution in [3.8, 4) is 11.8 Å². The third kappa shape index (κ3) is 2.98. The van der Waals surface area contributed by atoms with Gasteiger partial charge in [0.2, 0.25) is 5.91 Å². The number of carboxylic acid groups (broad SMARTS) is 1. The Bertz CT molecular complexity index is 365. The summed E-state index contributed by atoms with van der Waals surface area (Å²) in [4.78, 5) is 33.5. The van der Waals surface area contributed by atoms with Gasteiger partial charge >= 0.3 is 11.9 Å². The summed E-state index contributed by atoms with van der Waals surface area (Å²) in [6.45, 7) is 3.98. The maximum atomic E-state index is 11.5. The SMILES string of the molecule is CC#CC(NC(C)=O)(C(=O)O)C(=O)OCC. The molecule has 6 nitrogen and oxygen atoms in total. The second kappa shape index (κ2) is 5.75. The summed E-state index contributed by atoms with van der Waals surface area (Å²) in [5.41, 5.74) is -2.32. The van der Waals surface area contributed by atoms with Gasteiger partial charge in [-0.25, -0.2) is 9.59 Å². The number of amides is 1. The lowest BCUT2D eigenvalue weighted by molar-refractivity contribution is -0.160. The zero-order valence-corrected chi connectivity index (χ0v) is 9.29. The highest BCUT2D eigenvalue weighted by atomic mass is 16.5. The molecule has 0 rings (SSSR count). The Labute approximate surface area is 93.0 Å². The van der Waals surface area contributed by atoms with E-state index in [9.17, 15) is 14.4 Å². The summed E-state index contributed by atoms with van der Waals surface area (Å²) in [6.07, 6.45) is 0. The fourth-order valence-corrected chi connectivity index (χ4v) is 1.02. The van der Waals surface area contributed by atoms with Gasteiger partial charge in [-0.1, -0.05) is 5.92 Å². The van der Waals surface area contributed by atoms with Gasteiger partial charge in [0.25, 0.3) is 5.54 Å². The van der Waals surface area contributed by atoms with Crippen LogP contribution in [0.4, 0.5) is 0 Å². The number of hydrogen-bond acceptors (Lipinski definition) is 4. The maximum Gasteiger partial charge on any atom is 0.356 e. The topological polar surface area (TPSA) is 92.7 Å². The normalized spacial score (nSPS) is 12.7. The monoisotopic (exact) mass is 227 g/mol. The molecule has 0 aliphatic carbocycles. The molecule has 0 bridgehead atoms. The van der Waals surface area contributed by atoms with Crippen molar-refractivity contribution in [1.82, 2.24) is 5.32 Å². The summed E-state index contributed by atoms with van der Waals surface area (Å²) in [5.74, 6) is 1.08. The van der Waals surface area contributed by atoms with E-state index in [2.05, 4.69) is 16.6 Å². The van der Waals surface area contributed by atoms with Crippen molar-refractivity contribution < 1.29 is 24.2 Å². The van der Waals surface area contributed by atoms with Gasteiger partial charge in [0, 0.05) is 6.92 Å². The van der Waals surface area contributed by atoms with Gasteiger partial charge in [-0.05, 0) is 13.8 Å². The standard InChI is InChI=1S/C10H13NO5/c1-4-6-10(8(13)14,11-7(3)12)9(15)16-5-2/h5H2,1-3H3,(H,11,12)(H,13,14). The van der Waals surface area contributed by atoms with Crippen LogP contribution in [0.3, 0.4) is 0 Å². The Morgan fingerprint density at radius 2 is 2.00 bits per heavy atom. The second-order valence-electron chi connectivity index (χ2n) is 2.83. The quantitative estimate of drug-likeness (QED) is 0.385. The molecule has 0 fully saturated rings. The molecule has 0 aliphatic heterocycles. The number of carbonyl (C=O) groups is 3. The van der Waals surface area contributed by atoms with Crippen LogP contribution in [0.5, 0.6) is 0 Å². The zero-order chi connectivity index (χ0) is 12.8. The first kappa shape index (κ1) is 14.0. The van der Waals surface area contributed by atoms with Crippen LogP contribution in [0.1, 0.15) is 20.8 Å². The number of rotatable bonds is 4. The molecule has 0 heterocycles. The van der Waals surface area contributed by atoms with E-state index in [-0.39, 0.29) is 6.61 Å². The van der Waals surface area contributed by atoms with Crippen molar-refractivity contribution in [2.45, 2.75) is 26.3 Å². The molecular formula is C10H13NO5. The maximum absolute atomic E-state index is 11.5. The fourth-order valence-electron chi connectivity index (χ4n) is 1.02. The number of aliphatic carboxylic acids is 1. The molecule has 0 aromatic rings. The average Bonchev–Trinajstić information content (AvgIpc) is 2.16. The number of carboxylic acids is 1. The highest BCUT2D eigenvalue weighted by Gasteiger charge is 2.47. The van der Waals surface area contributed by atoms with Crippen molar-refractivity contribution in [2.24, 2.45) is 0 Å². The smallest absolute Gasteiger partial charge is 0.356 e. The van der Waals surface area contributed by atoms with Crippen LogP contribution in [0.25, 0.3) is 0 Å². The van der Waals surface area contributed by atoms with Crippen molar-refractivity contribution in [2.75, 3.05) is 6.61 Å². The van der Waals surface area contributed by atoms with E-state index >= 15 is 0 Å². The minimum atomic E-state index is -2.32. The van der Waals surface area contributed by atoms with E-state index in [0.717, 1.165) is 6.92 Å². The summed E-state index contributed by atoms with van der Waals surface area (Å²) in [7, 11) is 0. The Kier molecular flexibility index (Phi) is 5.02. The molecule has 0 aliphatic rings. The number of hydrogen-bond donors (Lipinski definition) is 2. The Hall–Kier alpha value is -2.03. The molecule has 2 N–H and O–H groups in total. The third-order valence-corrected chi connectivity index (χ3v) is 1.58. The molecule has 0 aromatic carbocycles. The van der Waals surface area contributed by atoms with E-state index in [1.807, 2.05) is 5.32 Å². The molecular weight excluding hydrogens is 214 g/mol. The number of ether oxygens (including phenoxy) is 1. The highest BCUT2D eigenvalue weighted by molar-refractivity contribution is 6.10. The average molecular weight is 227 g/mol. The van der Waals surface area contributed by atoms with Crippen molar-refractivity contribution in [3.63, 3.8) is 0 Å². The minimum Gasteiger partial charge on any atom is -0.478 e. The van der Waals surface area contributed by atoms with Crippen LogP contribution < -0.4 is 5.32 Å². The van der Waals surface area contributed by atoms with E-state index in [0.29, 0.717) is 0 Å². The predicted octanol–water partition coefficient (Wildman–Crippen LogP) is -0.468. The van der Waals surface area contributed by atoms with Crippen LogP contribution >= 0.6 is 0 Å². The largest absolute Gasteiger partial charge is 0.478 e. The molecule has 1 amide bonds. The van der Waals surface area contributed by atoms with Crippen LogP contribution in [-0.4, -0.2) is 35.1 Å². The first-order valence-corrected chi connectivity index (χ1v) is 4.54. The lowest BCUT2D eigenvalue weighted by Gasteiger charge is -2.21. The summed E-state index contributed by atoms with van der Waals surface area (Å²) >= 11 is 0. The van der Waals surface area contributed by atoms with Gasteiger partial charge in [0.1, 0.15) is 0 Å². The Morgan fingerprint density at radius 1 is 1.44 bits per heavy atom. The molecule has 1 atom stereocenters. The second-order valence-corrected chi connectivity index (χ2v) is 2.83. The molecule has 88 valence electrons. The first-order chi connectivity index (χ1) is 7.40. The molecule has 0 radical (unpaired) electrons. The van der Waals surface area contributed by atoms with Crippen molar-refractivity contribution in [3.05, 3.63) is 0 Å². The number of esters is 1. The van der Waals surface area contributed by atoms with Gasteiger partial charge in [-0.15, -0.1) is 5.92 Å². The Balaban J connectivity index is 5.39. The lowest BCUT2D eigenvalue weighted by atomic mass is 10.0. The fraction of sp³-hybridized carbons (Fsp3) is 0.500. The summed E-state index contributed by atoms with van der Waals surface area (Å²) < 4.78 is 4.59. The molecule has 0 saturated heterocycles. The zero-order valence-electron chi connectivity index (χ0n) is 9.29. The van der Waals surface area contributed by atoms with E-state index < -0.39 is 23.4 Å². The highest BCUT2D eigenvalue weighted by Crippen LogP contribution is 2.07. The van der Waals surface area contributed by atoms with Crippen LogP contribution in [-0.2, 0) is 19.1 Å². The predicted molar refractivity (Wildman–Crippen MR) is 54.3 cm³/mol. The molecule has 6 heteroatoms. The van der Waals surface area contributed by atoms with Crippen LogP contribution in [0.15, 0.2) is 0 Å². The van der Waals surface area contributed by atoms with Crippen molar-refractivity contribution >= 4 is 17.8 Å². The third-order valence-electron chi connectivity index (χ3n) is 1.58. The molecule has 16 heavy (non-hydrogen) atoms. The minimum absolute atomic E-state index is 0.00115. The van der Waals surface area contributed by atoms with Gasteiger partial charge in [0.05, 0.1) is 6.61 Å². The van der Waals surface area contributed by atoms with Gasteiger partial charge in [0.15, 0.2) is 0 Å². The number of nitrogens with one attached hydrogen (secondary N) is 1. The van der Waals surface area contributed by atoms with E-state index in [1.54, 1.807) is 0 Å². The van der Waals surface area contributed by atoms with Gasteiger partial charge in [-0.3, -0.25) is 4.79 Å². The molecule has 0 aromatic heterocycles. The van der Waals surface area contributed by atoms with Crippen LogP contribution in [0, 0.1) is 11.8 Å². The molecule has 0 saturated carbocycles. The summed E-state index contributed by atoms with van der Waals surface area (Å²) in [5, 5.41) is 11.0. The van der Waals surface area contributed by atoms with Gasteiger partial charge < -0.3 is 15.2 Å². The first-order valence-electron chi connectivity index (χ1n) is 4.54. The summed E-state index contributed by atoms with van der Waals surface area (Å²) in [6, 6.07) is 0. The van der Waals surface area contributed by atoms with E-state index in [4.69, 9.17) is 5.11 Å². The lowest BCUT2D eigenvalue weighted by Crippen LogP contribution is -2.59.